The van der Waals surface area contributed by atoms with E-state index in [1.165, 1.54) is 0 Å². The Hall–Kier alpha value is -1.61. The van der Waals surface area contributed by atoms with Crippen molar-refractivity contribution in [3.8, 4) is 0 Å². The fraction of sp³-hybridized carbons (Fsp3) is 0.100. The van der Waals surface area contributed by atoms with Gasteiger partial charge in [-0.15, -0.1) is 0 Å². The molecule has 66 valence electrons. The largest absolute Gasteiger partial charge is 0.327 e. The van der Waals surface area contributed by atoms with Crippen molar-refractivity contribution in [1.82, 2.24) is 9.61 Å². The Morgan fingerprint density at radius 1 is 1.46 bits per heavy atom. The van der Waals surface area contributed by atoms with Gasteiger partial charge in [0.2, 0.25) is 0 Å². The molecule has 0 fully saturated rings. The third-order valence-electron chi connectivity index (χ3n) is 1.89. The van der Waals surface area contributed by atoms with Gasteiger partial charge in [-0.2, -0.15) is 5.10 Å². The smallest absolute Gasteiger partial charge is 0.0733 e. The summed E-state index contributed by atoms with van der Waals surface area (Å²) in [5.74, 6) is 0. The van der Waals surface area contributed by atoms with E-state index in [0.717, 1.165) is 11.1 Å². The zero-order chi connectivity index (χ0) is 9.10. The molecule has 3 heteroatoms. The third-order valence-corrected chi connectivity index (χ3v) is 1.89. The Morgan fingerprint density at radius 2 is 2.38 bits per heavy atom. The quantitative estimate of drug-likeness (QED) is 0.744. The molecule has 0 aliphatic carbocycles. The fourth-order valence-electron chi connectivity index (χ4n) is 1.28. The highest BCUT2D eigenvalue weighted by atomic mass is 15.2. The van der Waals surface area contributed by atoms with Gasteiger partial charge in [-0.25, -0.2) is 4.52 Å². The number of rotatable bonds is 2. The molecule has 0 radical (unpaired) electrons. The number of aromatic nitrogens is 2. The number of nitrogens with zero attached hydrogens (tertiary/aromatic N) is 2. The molecule has 2 aromatic rings. The molecule has 2 rings (SSSR count). The summed E-state index contributed by atoms with van der Waals surface area (Å²) in [6.07, 6.45) is 7.67. The molecular weight excluding hydrogens is 162 g/mol. The molecule has 2 N–H and O–H groups in total. The van der Waals surface area contributed by atoms with Crippen molar-refractivity contribution < 1.29 is 0 Å². The highest BCUT2D eigenvalue weighted by Crippen LogP contribution is 2.10. The van der Waals surface area contributed by atoms with Crippen LogP contribution in [0.1, 0.15) is 5.56 Å². The summed E-state index contributed by atoms with van der Waals surface area (Å²) >= 11 is 0. The van der Waals surface area contributed by atoms with Gasteiger partial charge in [0, 0.05) is 18.3 Å². The van der Waals surface area contributed by atoms with E-state index in [0.29, 0.717) is 6.54 Å². The molecule has 2 heterocycles. The topological polar surface area (TPSA) is 43.3 Å². The summed E-state index contributed by atoms with van der Waals surface area (Å²) in [6, 6.07) is 5.98. The standard InChI is InChI=1S/C10H11N3/c11-6-3-4-9-8-12-13-7-2-1-5-10(9)13/h1-5,7-8H,6,11H2/b4-3+. The predicted octanol–water partition coefficient (Wildman–Crippen LogP) is 1.31. The first-order chi connectivity index (χ1) is 6.42. The lowest BCUT2D eigenvalue weighted by Crippen LogP contribution is -1.91. The summed E-state index contributed by atoms with van der Waals surface area (Å²) < 4.78 is 1.84. The van der Waals surface area contributed by atoms with E-state index in [1.807, 2.05) is 47.3 Å². The van der Waals surface area contributed by atoms with Crippen LogP contribution in [-0.2, 0) is 0 Å². The molecule has 0 saturated carbocycles. The van der Waals surface area contributed by atoms with E-state index in [-0.39, 0.29) is 0 Å². The average molecular weight is 173 g/mol. The summed E-state index contributed by atoms with van der Waals surface area (Å²) in [7, 11) is 0. The molecule has 0 unspecified atom stereocenters. The van der Waals surface area contributed by atoms with Gasteiger partial charge in [0.1, 0.15) is 0 Å². The van der Waals surface area contributed by atoms with E-state index < -0.39 is 0 Å². The molecule has 13 heavy (non-hydrogen) atoms. The third kappa shape index (κ3) is 1.46. The lowest BCUT2D eigenvalue weighted by atomic mass is 10.2. The van der Waals surface area contributed by atoms with Gasteiger partial charge in [0.25, 0.3) is 0 Å². The summed E-state index contributed by atoms with van der Waals surface area (Å²) in [5, 5.41) is 4.20. The van der Waals surface area contributed by atoms with Crippen molar-refractivity contribution in [2.75, 3.05) is 6.54 Å². The van der Waals surface area contributed by atoms with Crippen LogP contribution in [0, 0.1) is 0 Å². The molecule has 0 atom stereocenters. The Balaban J connectivity index is 2.52. The van der Waals surface area contributed by atoms with E-state index in [9.17, 15) is 0 Å². The van der Waals surface area contributed by atoms with Crippen LogP contribution in [0.3, 0.4) is 0 Å². The Labute approximate surface area is 76.5 Å². The molecule has 2 aromatic heterocycles. The van der Waals surface area contributed by atoms with Crippen molar-refractivity contribution >= 4 is 11.6 Å². The lowest BCUT2D eigenvalue weighted by Gasteiger charge is -1.91. The highest BCUT2D eigenvalue weighted by Gasteiger charge is 1.97. The van der Waals surface area contributed by atoms with Crippen LogP contribution in [0.5, 0.6) is 0 Å². The second-order valence-electron chi connectivity index (χ2n) is 2.77. The first kappa shape index (κ1) is 8.01. The van der Waals surface area contributed by atoms with Gasteiger partial charge >= 0.3 is 0 Å². The molecule has 0 aliphatic rings. The molecule has 3 nitrogen and oxygen atoms in total. The summed E-state index contributed by atoms with van der Waals surface area (Å²) in [5.41, 5.74) is 7.58. The second-order valence-corrected chi connectivity index (χ2v) is 2.77. The molecule has 0 spiro atoms. The molecule has 0 amide bonds. The van der Waals surface area contributed by atoms with Crippen LogP contribution >= 0.6 is 0 Å². The van der Waals surface area contributed by atoms with Crippen LogP contribution in [-0.4, -0.2) is 16.2 Å². The maximum atomic E-state index is 5.38. The highest BCUT2D eigenvalue weighted by molar-refractivity contribution is 5.68. The SMILES string of the molecule is NC/C=C/c1cnn2ccccc12. The zero-order valence-electron chi connectivity index (χ0n) is 7.22. The minimum Gasteiger partial charge on any atom is -0.327 e. The van der Waals surface area contributed by atoms with E-state index in [4.69, 9.17) is 5.73 Å². The van der Waals surface area contributed by atoms with Crippen LogP contribution in [0.25, 0.3) is 11.6 Å². The van der Waals surface area contributed by atoms with Gasteiger partial charge < -0.3 is 5.73 Å². The number of hydrogen-bond donors (Lipinski definition) is 1. The van der Waals surface area contributed by atoms with Crippen molar-refractivity contribution in [2.45, 2.75) is 0 Å². The minimum absolute atomic E-state index is 0.560. The van der Waals surface area contributed by atoms with Crippen LogP contribution in [0.2, 0.25) is 0 Å². The number of nitrogens with two attached hydrogens (primary N) is 1. The maximum absolute atomic E-state index is 5.38. The van der Waals surface area contributed by atoms with Crippen LogP contribution < -0.4 is 5.73 Å². The van der Waals surface area contributed by atoms with Crippen LogP contribution in [0.4, 0.5) is 0 Å². The Morgan fingerprint density at radius 3 is 3.23 bits per heavy atom. The molecule has 0 aromatic carbocycles. The van der Waals surface area contributed by atoms with Gasteiger partial charge in [0.05, 0.1) is 11.7 Å². The van der Waals surface area contributed by atoms with Crippen molar-refractivity contribution in [3.63, 3.8) is 0 Å². The summed E-state index contributed by atoms with van der Waals surface area (Å²) in [6.45, 7) is 0.560. The Kier molecular flexibility index (Phi) is 2.10. The normalized spacial score (nSPS) is 11.5. The number of hydrogen-bond acceptors (Lipinski definition) is 2. The van der Waals surface area contributed by atoms with Gasteiger partial charge in [-0.1, -0.05) is 18.2 Å². The molecular formula is C10H11N3. The Bertz CT molecular complexity index is 428. The number of pyridine rings is 1. The maximum Gasteiger partial charge on any atom is 0.0733 e. The monoisotopic (exact) mass is 173 g/mol. The van der Waals surface area contributed by atoms with Crippen molar-refractivity contribution in [2.24, 2.45) is 5.73 Å². The average Bonchev–Trinajstić information content (AvgIpc) is 2.58. The predicted molar refractivity (Wildman–Crippen MR) is 53.3 cm³/mol. The van der Waals surface area contributed by atoms with Crippen LogP contribution in [0.15, 0.2) is 36.7 Å². The lowest BCUT2D eigenvalue weighted by molar-refractivity contribution is 0.961. The number of fused-ring (bicyclic) bond motifs is 1. The molecule has 0 saturated heterocycles. The van der Waals surface area contributed by atoms with Gasteiger partial charge in [-0.3, -0.25) is 0 Å². The first-order valence-electron chi connectivity index (χ1n) is 4.21. The van der Waals surface area contributed by atoms with E-state index in [2.05, 4.69) is 5.10 Å². The van der Waals surface area contributed by atoms with E-state index >= 15 is 0 Å². The summed E-state index contributed by atoms with van der Waals surface area (Å²) in [4.78, 5) is 0. The minimum atomic E-state index is 0.560. The zero-order valence-corrected chi connectivity index (χ0v) is 7.22. The fourth-order valence-corrected chi connectivity index (χ4v) is 1.28. The van der Waals surface area contributed by atoms with Crippen molar-refractivity contribution in [3.05, 3.63) is 42.2 Å². The van der Waals surface area contributed by atoms with Crippen molar-refractivity contribution in [1.29, 1.82) is 0 Å². The molecule has 0 aliphatic heterocycles. The van der Waals surface area contributed by atoms with E-state index in [1.54, 1.807) is 0 Å². The second kappa shape index (κ2) is 3.41. The van der Waals surface area contributed by atoms with Gasteiger partial charge in [-0.05, 0) is 12.1 Å². The molecule has 0 bridgehead atoms. The van der Waals surface area contributed by atoms with Gasteiger partial charge in [0.15, 0.2) is 0 Å². The first-order valence-corrected chi connectivity index (χ1v) is 4.21.